The van der Waals surface area contributed by atoms with Gasteiger partial charge in [0.2, 0.25) is 0 Å². The Kier molecular flexibility index (Phi) is 3.32. The van der Waals surface area contributed by atoms with E-state index in [0.717, 1.165) is 12.0 Å². The summed E-state index contributed by atoms with van der Waals surface area (Å²) in [7, 11) is 0. The quantitative estimate of drug-likeness (QED) is 0.878. The van der Waals surface area contributed by atoms with Gasteiger partial charge in [-0.1, -0.05) is 17.7 Å². The zero-order chi connectivity index (χ0) is 14.1. The number of carbonyl (C=O) groups excluding carboxylic acids is 1. The van der Waals surface area contributed by atoms with Crippen LogP contribution in [0.15, 0.2) is 36.7 Å². The number of halogens is 1. The van der Waals surface area contributed by atoms with Crippen molar-refractivity contribution in [3.63, 3.8) is 0 Å². The van der Waals surface area contributed by atoms with Crippen LogP contribution in [0.25, 0.3) is 0 Å². The summed E-state index contributed by atoms with van der Waals surface area (Å²) in [6, 6.07) is 6.90. The fourth-order valence-electron chi connectivity index (χ4n) is 2.42. The summed E-state index contributed by atoms with van der Waals surface area (Å²) in [5, 5.41) is 9.95. The minimum absolute atomic E-state index is 0.128. The molecule has 5 heteroatoms. The van der Waals surface area contributed by atoms with E-state index in [9.17, 15) is 9.90 Å². The standard InChI is InChI=1S/C15H13ClN2O2/c16-14-3-5-17-8-13(14)15(20)18-6-4-10-1-2-12(19)7-11(10)9-18/h1-3,5,7-8,19H,4,6,9H2. The van der Waals surface area contributed by atoms with Crippen molar-refractivity contribution >= 4 is 17.5 Å². The van der Waals surface area contributed by atoms with E-state index < -0.39 is 0 Å². The van der Waals surface area contributed by atoms with Gasteiger partial charge in [0.1, 0.15) is 5.75 Å². The maximum absolute atomic E-state index is 12.5. The van der Waals surface area contributed by atoms with Gasteiger partial charge in [-0.05, 0) is 35.7 Å². The first kappa shape index (κ1) is 12.9. The molecule has 2 aromatic rings. The van der Waals surface area contributed by atoms with E-state index in [2.05, 4.69) is 4.98 Å². The lowest BCUT2D eigenvalue weighted by Gasteiger charge is -2.29. The fourth-order valence-corrected chi connectivity index (χ4v) is 2.61. The highest BCUT2D eigenvalue weighted by Crippen LogP contribution is 2.25. The van der Waals surface area contributed by atoms with Gasteiger partial charge in [-0.25, -0.2) is 0 Å². The number of pyridine rings is 1. The second kappa shape index (κ2) is 5.13. The summed E-state index contributed by atoms with van der Waals surface area (Å²) in [6.45, 7) is 1.12. The molecular weight excluding hydrogens is 276 g/mol. The molecule has 1 aromatic carbocycles. The topological polar surface area (TPSA) is 53.4 Å². The molecule has 102 valence electrons. The Morgan fingerprint density at radius 3 is 2.95 bits per heavy atom. The molecule has 0 atom stereocenters. The Balaban J connectivity index is 1.87. The van der Waals surface area contributed by atoms with Gasteiger partial charge in [0.05, 0.1) is 10.6 Å². The molecule has 3 rings (SSSR count). The average Bonchev–Trinajstić information content (AvgIpc) is 2.46. The fraction of sp³-hybridized carbons (Fsp3) is 0.200. The lowest BCUT2D eigenvalue weighted by Crippen LogP contribution is -2.36. The largest absolute Gasteiger partial charge is 0.508 e. The third kappa shape index (κ3) is 2.34. The molecular formula is C15H13ClN2O2. The minimum Gasteiger partial charge on any atom is -0.508 e. The van der Waals surface area contributed by atoms with Crippen molar-refractivity contribution in [2.45, 2.75) is 13.0 Å². The molecule has 0 saturated carbocycles. The van der Waals surface area contributed by atoms with E-state index in [1.807, 2.05) is 6.07 Å². The second-order valence-electron chi connectivity index (χ2n) is 4.79. The van der Waals surface area contributed by atoms with Crippen molar-refractivity contribution in [3.8, 4) is 5.75 Å². The molecule has 20 heavy (non-hydrogen) atoms. The summed E-state index contributed by atoms with van der Waals surface area (Å²) in [6.07, 6.45) is 3.82. The number of hydrogen-bond donors (Lipinski definition) is 1. The van der Waals surface area contributed by atoms with Gasteiger partial charge in [-0.3, -0.25) is 9.78 Å². The van der Waals surface area contributed by atoms with Gasteiger partial charge >= 0.3 is 0 Å². The van der Waals surface area contributed by atoms with Crippen LogP contribution < -0.4 is 0 Å². The third-order valence-corrected chi connectivity index (χ3v) is 3.82. The molecule has 0 radical (unpaired) electrons. The highest BCUT2D eigenvalue weighted by atomic mass is 35.5. The number of phenolic OH excluding ortho intramolecular Hbond substituents is 1. The zero-order valence-corrected chi connectivity index (χ0v) is 11.5. The molecule has 0 fully saturated rings. The average molecular weight is 289 g/mol. The van der Waals surface area contributed by atoms with Crippen LogP contribution in [0.5, 0.6) is 5.75 Å². The minimum atomic E-state index is -0.128. The van der Waals surface area contributed by atoms with Crippen LogP contribution >= 0.6 is 11.6 Å². The molecule has 0 saturated heterocycles. The Morgan fingerprint density at radius 2 is 2.15 bits per heavy atom. The van der Waals surface area contributed by atoms with Crippen LogP contribution in [-0.2, 0) is 13.0 Å². The molecule has 1 N–H and O–H groups in total. The molecule has 0 unspecified atom stereocenters. The van der Waals surface area contributed by atoms with E-state index in [4.69, 9.17) is 11.6 Å². The summed E-state index contributed by atoms with van der Waals surface area (Å²) >= 11 is 6.04. The number of rotatable bonds is 1. The number of amides is 1. The summed E-state index contributed by atoms with van der Waals surface area (Å²) in [4.78, 5) is 18.1. The number of phenols is 1. The summed E-state index contributed by atoms with van der Waals surface area (Å²) < 4.78 is 0. The number of aromatic hydroxyl groups is 1. The number of hydrogen-bond acceptors (Lipinski definition) is 3. The van der Waals surface area contributed by atoms with Crippen LogP contribution in [0.1, 0.15) is 21.5 Å². The smallest absolute Gasteiger partial charge is 0.257 e. The van der Waals surface area contributed by atoms with Crippen molar-refractivity contribution in [3.05, 3.63) is 58.4 Å². The van der Waals surface area contributed by atoms with E-state index in [1.165, 1.54) is 11.8 Å². The molecule has 0 aliphatic carbocycles. The van der Waals surface area contributed by atoms with Crippen LogP contribution in [0, 0.1) is 0 Å². The van der Waals surface area contributed by atoms with E-state index in [0.29, 0.717) is 23.7 Å². The highest BCUT2D eigenvalue weighted by molar-refractivity contribution is 6.33. The predicted molar refractivity (Wildman–Crippen MR) is 75.8 cm³/mol. The summed E-state index contributed by atoms with van der Waals surface area (Å²) in [5.41, 5.74) is 2.56. The molecule has 0 bridgehead atoms. The Morgan fingerprint density at radius 1 is 1.30 bits per heavy atom. The van der Waals surface area contributed by atoms with Gasteiger partial charge in [-0.2, -0.15) is 0 Å². The Bertz CT molecular complexity index is 673. The first-order valence-corrected chi connectivity index (χ1v) is 6.72. The van der Waals surface area contributed by atoms with E-state index in [1.54, 1.807) is 29.3 Å². The first-order valence-electron chi connectivity index (χ1n) is 6.34. The number of nitrogens with zero attached hydrogens (tertiary/aromatic N) is 2. The van der Waals surface area contributed by atoms with Crippen molar-refractivity contribution in [1.29, 1.82) is 0 Å². The Labute approximate surface area is 121 Å². The molecule has 0 spiro atoms. The molecule has 1 aliphatic heterocycles. The summed E-state index contributed by atoms with van der Waals surface area (Å²) in [5.74, 6) is 0.0922. The number of fused-ring (bicyclic) bond motifs is 1. The van der Waals surface area contributed by atoms with Gasteiger partial charge < -0.3 is 10.0 Å². The first-order chi connectivity index (χ1) is 9.65. The van der Waals surface area contributed by atoms with Crippen molar-refractivity contribution in [2.24, 2.45) is 0 Å². The lowest BCUT2D eigenvalue weighted by atomic mass is 9.99. The second-order valence-corrected chi connectivity index (χ2v) is 5.19. The SMILES string of the molecule is O=C(c1cnccc1Cl)N1CCc2ccc(O)cc2C1. The van der Waals surface area contributed by atoms with Crippen molar-refractivity contribution in [2.75, 3.05) is 6.54 Å². The monoisotopic (exact) mass is 288 g/mol. The predicted octanol–water partition coefficient (Wildman–Crippen LogP) is 2.64. The lowest BCUT2D eigenvalue weighted by molar-refractivity contribution is 0.0734. The van der Waals surface area contributed by atoms with Gasteiger partial charge in [0.15, 0.2) is 0 Å². The zero-order valence-electron chi connectivity index (χ0n) is 10.7. The number of carbonyl (C=O) groups is 1. The van der Waals surface area contributed by atoms with Crippen molar-refractivity contribution < 1.29 is 9.90 Å². The van der Waals surface area contributed by atoms with Crippen LogP contribution in [-0.4, -0.2) is 27.4 Å². The molecule has 4 nitrogen and oxygen atoms in total. The molecule has 1 aromatic heterocycles. The van der Waals surface area contributed by atoms with E-state index >= 15 is 0 Å². The van der Waals surface area contributed by atoms with Crippen LogP contribution in [0.4, 0.5) is 0 Å². The van der Waals surface area contributed by atoms with Crippen molar-refractivity contribution in [1.82, 2.24) is 9.88 Å². The van der Waals surface area contributed by atoms with Gasteiger partial charge in [0, 0.05) is 25.5 Å². The molecule has 1 amide bonds. The number of aromatic nitrogens is 1. The maximum Gasteiger partial charge on any atom is 0.257 e. The normalized spacial score (nSPS) is 13.9. The van der Waals surface area contributed by atoms with Crippen LogP contribution in [0.2, 0.25) is 5.02 Å². The van der Waals surface area contributed by atoms with Gasteiger partial charge in [0.25, 0.3) is 5.91 Å². The van der Waals surface area contributed by atoms with Gasteiger partial charge in [-0.15, -0.1) is 0 Å². The highest BCUT2D eigenvalue weighted by Gasteiger charge is 2.23. The number of benzene rings is 1. The maximum atomic E-state index is 12.5. The van der Waals surface area contributed by atoms with E-state index in [-0.39, 0.29) is 11.7 Å². The molecule has 2 heterocycles. The van der Waals surface area contributed by atoms with Crippen LogP contribution in [0.3, 0.4) is 0 Å². The third-order valence-electron chi connectivity index (χ3n) is 3.49. The Hall–Kier alpha value is -2.07. The molecule has 1 aliphatic rings.